The lowest BCUT2D eigenvalue weighted by Crippen LogP contribution is -2.57. The first kappa shape index (κ1) is 26.3. The molecule has 1 unspecified atom stereocenters. The molecule has 0 bridgehead atoms. The van der Waals surface area contributed by atoms with Gasteiger partial charge in [-0.2, -0.15) is 0 Å². The number of hydrogen-bond donors (Lipinski definition) is 2. The zero-order valence-corrected chi connectivity index (χ0v) is 23.5. The average Bonchev–Trinajstić information content (AvgIpc) is 3.68. The third-order valence-corrected chi connectivity index (χ3v) is 9.25. The van der Waals surface area contributed by atoms with Gasteiger partial charge in [0.2, 0.25) is 0 Å². The number of nitrogens with one attached hydrogen (secondary N) is 2. The Labute approximate surface area is 229 Å². The van der Waals surface area contributed by atoms with Gasteiger partial charge >= 0.3 is 0 Å². The molecule has 2 atom stereocenters. The predicted octanol–water partition coefficient (Wildman–Crippen LogP) is 4.05. The molecule has 4 heterocycles. The number of nitrogens with zero attached hydrogens (tertiary/aromatic N) is 2. The van der Waals surface area contributed by atoms with E-state index in [0.29, 0.717) is 29.2 Å². The maximum Gasteiger partial charge on any atom is 0.262 e. The quantitative estimate of drug-likeness (QED) is 0.509. The molecule has 1 aromatic heterocycles. The Morgan fingerprint density at radius 1 is 1.14 bits per heavy atom. The summed E-state index contributed by atoms with van der Waals surface area (Å²) in [5, 5.41) is 5.86. The van der Waals surface area contributed by atoms with Gasteiger partial charge in [-0.1, -0.05) is 0 Å². The van der Waals surface area contributed by atoms with Crippen molar-refractivity contribution in [3.8, 4) is 0 Å². The summed E-state index contributed by atoms with van der Waals surface area (Å²) in [5.41, 5.74) is 0.933. The molecule has 3 aliphatic rings. The van der Waals surface area contributed by atoms with Crippen LogP contribution in [-0.4, -0.2) is 78.5 Å². The number of carbonyl (C=O) groups is 3. The molecular formula is C27H33BrN4O4S. The number of carbonyl (C=O) groups excluding carboxylic acids is 3. The van der Waals surface area contributed by atoms with E-state index in [2.05, 4.69) is 31.5 Å². The minimum atomic E-state index is -1.14. The van der Waals surface area contributed by atoms with Gasteiger partial charge in [0.15, 0.2) is 0 Å². The fraction of sp³-hybridized carbons (Fsp3) is 0.519. The van der Waals surface area contributed by atoms with E-state index in [1.54, 1.807) is 24.3 Å². The maximum atomic E-state index is 13.5. The number of ether oxygens (including phenoxy) is 1. The smallest absolute Gasteiger partial charge is 0.262 e. The van der Waals surface area contributed by atoms with Crippen LogP contribution < -0.4 is 10.6 Å². The van der Waals surface area contributed by atoms with Crippen molar-refractivity contribution in [3.05, 3.63) is 50.1 Å². The first-order valence-corrected chi connectivity index (χ1v) is 14.6. The summed E-state index contributed by atoms with van der Waals surface area (Å²) in [6.07, 6.45) is 4.97. The largest absolute Gasteiger partial charge is 0.378 e. The van der Waals surface area contributed by atoms with Crippen LogP contribution in [-0.2, 0) is 9.53 Å². The van der Waals surface area contributed by atoms with Crippen molar-refractivity contribution >= 4 is 50.7 Å². The first-order chi connectivity index (χ1) is 17.8. The summed E-state index contributed by atoms with van der Waals surface area (Å²) in [6.45, 7) is 6.41. The molecule has 3 aliphatic heterocycles. The van der Waals surface area contributed by atoms with Crippen molar-refractivity contribution in [1.82, 2.24) is 15.1 Å². The molecule has 0 saturated carbocycles. The normalized spacial score (nSPS) is 23.9. The Morgan fingerprint density at radius 3 is 2.62 bits per heavy atom. The fourth-order valence-corrected chi connectivity index (χ4v) is 6.84. The highest BCUT2D eigenvalue weighted by atomic mass is 79.9. The number of amides is 3. The summed E-state index contributed by atoms with van der Waals surface area (Å²) < 4.78 is 6.36. The molecular weight excluding hydrogens is 556 g/mol. The molecule has 0 spiro atoms. The van der Waals surface area contributed by atoms with Crippen LogP contribution in [0.4, 0.5) is 5.69 Å². The van der Waals surface area contributed by atoms with Crippen molar-refractivity contribution in [2.45, 2.75) is 50.6 Å². The van der Waals surface area contributed by atoms with E-state index in [-0.39, 0.29) is 30.4 Å². The third-order valence-electron chi connectivity index (χ3n) is 7.63. The third kappa shape index (κ3) is 5.77. The van der Waals surface area contributed by atoms with Crippen LogP contribution >= 0.6 is 27.3 Å². The molecule has 2 aromatic rings. The summed E-state index contributed by atoms with van der Waals surface area (Å²) in [7, 11) is 0. The van der Waals surface area contributed by atoms with E-state index in [1.807, 2.05) is 17.9 Å². The molecule has 3 saturated heterocycles. The number of likely N-dealkylation sites (tertiary alicyclic amines) is 2. The Morgan fingerprint density at radius 2 is 1.95 bits per heavy atom. The number of thiophene rings is 1. The van der Waals surface area contributed by atoms with Crippen molar-refractivity contribution in [1.29, 1.82) is 0 Å². The monoisotopic (exact) mass is 588 g/mol. The zero-order valence-electron chi connectivity index (χ0n) is 21.1. The highest BCUT2D eigenvalue weighted by molar-refractivity contribution is 9.11. The van der Waals surface area contributed by atoms with E-state index < -0.39 is 5.54 Å². The second-order valence-electron chi connectivity index (χ2n) is 10.2. The van der Waals surface area contributed by atoms with Gasteiger partial charge in [-0.05, 0) is 97.5 Å². The van der Waals surface area contributed by atoms with Crippen LogP contribution in [0.15, 0.2) is 34.1 Å². The van der Waals surface area contributed by atoms with Gasteiger partial charge < -0.3 is 25.2 Å². The molecule has 3 fully saturated rings. The molecule has 0 radical (unpaired) electrons. The number of rotatable bonds is 7. The molecule has 37 heavy (non-hydrogen) atoms. The number of benzene rings is 1. The topological polar surface area (TPSA) is 91.0 Å². The van der Waals surface area contributed by atoms with Crippen LogP contribution in [0.5, 0.6) is 0 Å². The average molecular weight is 590 g/mol. The Kier molecular flexibility index (Phi) is 7.99. The lowest BCUT2D eigenvalue weighted by molar-refractivity contribution is -0.122. The van der Waals surface area contributed by atoms with E-state index in [1.165, 1.54) is 24.2 Å². The van der Waals surface area contributed by atoms with Gasteiger partial charge in [-0.3, -0.25) is 14.4 Å². The highest BCUT2D eigenvalue weighted by Crippen LogP contribution is 2.28. The second-order valence-corrected chi connectivity index (χ2v) is 12.7. The summed E-state index contributed by atoms with van der Waals surface area (Å²) >= 11 is 4.68. The van der Waals surface area contributed by atoms with Crippen LogP contribution in [0.1, 0.15) is 57.7 Å². The van der Waals surface area contributed by atoms with Crippen molar-refractivity contribution < 1.29 is 19.1 Å². The highest BCUT2D eigenvalue weighted by Gasteiger charge is 2.44. The van der Waals surface area contributed by atoms with Crippen molar-refractivity contribution in [3.63, 3.8) is 0 Å². The summed E-state index contributed by atoms with van der Waals surface area (Å²) in [6, 6.07) is 9.20. The van der Waals surface area contributed by atoms with Crippen LogP contribution in [0.3, 0.4) is 0 Å². The van der Waals surface area contributed by atoms with Gasteiger partial charge in [0.05, 0.1) is 15.3 Å². The molecule has 8 nitrogen and oxygen atoms in total. The SMILES string of the molecule is Cc1cc(NC(=O)C2(NC(=O)c3ccc(Br)s3)CCOC2)ccc1C(=O)N1CCC[C@H]1CN1CCCC1. The number of aryl methyl sites for hydroxylation is 1. The standard InChI is InChI=1S/C27H33BrN4O4S/c1-18-15-19(6-7-21(18)25(34)32-13-4-5-20(32)16-31-11-2-3-12-31)29-26(35)27(10-14-36-17-27)30-24(33)22-8-9-23(28)37-22/h6-9,15,20H,2-5,10-14,16-17H2,1H3,(H,29,35)(H,30,33)/t20-,27?/m0/s1. The van der Waals surface area contributed by atoms with E-state index in [9.17, 15) is 14.4 Å². The maximum absolute atomic E-state index is 13.5. The zero-order chi connectivity index (χ0) is 26.0. The van der Waals surface area contributed by atoms with Gasteiger partial charge in [0, 0.05) is 43.4 Å². The Bertz CT molecular complexity index is 1170. The molecule has 2 N–H and O–H groups in total. The van der Waals surface area contributed by atoms with Crippen LogP contribution in [0.2, 0.25) is 0 Å². The molecule has 10 heteroatoms. The first-order valence-electron chi connectivity index (χ1n) is 13.0. The molecule has 0 aliphatic carbocycles. The van der Waals surface area contributed by atoms with Gasteiger partial charge in [-0.15, -0.1) is 11.3 Å². The lowest BCUT2D eigenvalue weighted by Gasteiger charge is -2.29. The van der Waals surface area contributed by atoms with Crippen molar-refractivity contribution in [2.75, 3.05) is 44.7 Å². The minimum absolute atomic E-state index is 0.0621. The van der Waals surface area contributed by atoms with E-state index in [4.69, 9.17) is 4.74 Å². The number of halogens is 1. The number of hydrogen-bond acceptors (Lipinski definition) is 6. The second kappa shape index (κ2) is 11.2. The minimum Gasteiger partial charge on any atom is -0.378 e. The van der Waals surface area contributed by atoms with Gasteiger partial charge in [-0.25, -0.2) is 0 Å². The Balaban J connectivity index is 1.26. The van der Waals surface area contributed by atoms with E-state index >= 15 is 0 Å². The molecule has 3 amide bonds. The molecule has 198 valence electrons. The lowest BCUT2D eigenvalue weighted by atomic mass is 9.96. The Hall–Kier alpha value is -2.27. The van der Waals surface area contributed by atoms with Crippen molar-refractivity contribution in [2.24, 2.45) is 0 Å². The number of anilines is 1. The van der Waals surface area contributed by atoms with Gasteiger partial charge in [0.1, 0.15) is 5.54 Å². The predicted molar refractivity (Wildman–Crippen MR) is 147 cm³/mol. The van der Waals surface area contributed by atoms with Crippen LogP contribution in [0.25, 0.3) is 0 Å². The fourth-order valence-electron chi connectivity index (χ4n) is 5.56. The summed E-state index contributed by atoms with van der Waals surface area (Å²) in [4.78, 5) is 44.7. The molecule has 5 rings (SSSR count). The summed E-state index contributed by atoms with van der Waals surface area (Å²) in [5.74, 6) is -0.563. The van der Waals surface area contributed by atoms with Crippen LogP contribution in [0, 0.1) is 6.92 Å². The van der Waals surface area contributed by atoms with E-state index in [0.717, 1.165) is 48.4 Å². The molecule has 1 aromatic carbocycles. The van der Waals surface area contributed by atoms with Gasteiger partial charge in [0.25, 0.3) is 17.7 Å².